The predicted octanol–water partition coefficient (Wildman–Crippen LogP) is 3.61. The fourth-order valence-corrected chi connectivity index (χ4v) is 4.65. The fraction of sp³-hybridized carbons (Fsp3) is 0.280. The number of benzene rings is 1. The van der Waals surface area contributed by atoms with E-state index in [0.717, 1.165) is 60.0 Å². The van der Waals surface area contributed by atoms with Gasteiger partial charge in [0.15, 0.2) is 11.5 Å². The van der Waals surface area contributed by atoms with Gasteiger partial charge in [0.25, 0.3) is 0 Å². The number of hydrogen-bond donors (Lipinski definition) is 0. The molecule has 2 aliphatic heterocycles. The minimum absolute atomic E-state index is 0.243. The number of imidazole rings is 1. The Morgan fingerprint density at radius 1 is 1.03 bits per heavy atom. The molecule has 0 amide bonds. The lowest BCUT2D eigenvalue weighted by Gasteiger charge is -2.39. The molecule has 6 rings (SSSR count). The van der Waals surface area contributed by atoms with E-state index in [9.17, 15) is 0 Å². The molecule has 1 saturated heterocycles. The van der Waals surface area contributed by atoms with Gasteiger partial charge in [-0.1, -0.05) is 18.2 Å². The first kappa shape index (κ1) is 19.3. The Bertz CT molecular complexity index is 1260. The number of fused-ring (bicyclic) bond motifs is 2. The molecule has 0 N–H and O–H groups in total. The molecule has 5 heterocycles. The summed E-state index contributed by atoms with van der Waals surface area (Å²) in [6.45, 7) is 4.16. The van der Waals surface area contributed by atoms with Gasteiger partial charge >= 0.3 is 0 Å². The number of nitrogens with zero attached hydrogens (tertiary/aromatic N) is 5. The highest BCUT2D eigenvalue weighted by Gasteiger charge is 2.29. The number of likely N-dealkylation sites (N-methyl/N-ethyl adjacent to an activating group) is 1. The minimum atomic E-state index is 0.243. The number of aromatic nitrogens is 3. The van der Waals surface area contributed by atoms with E-state index < -0.39 is 0 Å². The first-order valence-corrected chi connectivity index (χ1v) is 10.9. The second-order valence-electron chi connectivity index (χ2n) is 8.50. The molecule has 162 valence electrons. The van der Waals surface area contributed by atoms with Crippen LogP contribution in [0.3, 0.4) is 0 Å². The number of pyridine rings is 2. The lowest BCUT2D eigenvalue weighted by Crippen LogP contribution is -2.46. The zero-order chi connectivity index (χ0) is 21.5. The van der Waals surface area contributed by atoms with E-state index in [1.807, 2.05) is 24.7 Å². The van der Waals surface area contributed by atoms with E-state index in [-0.39, 0.29) is 6.04 Å². The maximum atomic E-state index is 5.55. The van der Waals surface area contributed by atoms with Crippen LogP contribution < -0.4 is 9.47 Å². The number of hydrogen-bond acceptors (Lipinski definition) is 6. The van der Waals surface area contributed by atoms with Gasteiger partial charge < -0.3 is 13.9 Å². The quantitative estimate of drug-likeness (QED) is 0.496. The standard InChI is InChI=1S/C25H25N5O2/c1-28-9-10-29(13-18-4-7-23-24(11-18)32-17-31-23)15-22(28)25-21-6-5-20(14-30(21)16-27-25)19-3-2-8-26-12-19/h2-8,11-12,14,16,22H,9-10,13,15,17H2,1H3. The summed E-state index contributed by atoms with van der Waals surface area (Å²) in [4.78, 5) is 14.0. The average Bonchev–Trinajstić information content (AvgIpc) is 3.47. The zero-order valence-corrected chi connectivity index (χ0v) is 18.0. The molecule has 1 aromatic carbocycles. The minimum Gasteiger partial charge on any atom is -0.454 e. The van der Waals surface area contributed by atoms with Crippen molar-refractivity contribution < 1.29 is 9.47 Å². The molecule has 1 fully saturated rings. The summed E-state index contributed by atoms with van der Waals surface area (Å²) in [5.74, 6) is 1.68. The maximum absolute atomic E-state index is 5.55. The van der Waals surface area contributed by atoms with Crippen molar-refractivity contribution >= 4 is 5.52 Å². The SMILES string of the molecule is CN1CCN(Cc2ccc3c(c2)OCO3)CC1c1ncn2cc(-c3cccnc3)ccc12. The van der Waals surface area contributed by atoms with Crippen LogP contribution in [0.2, 0.25) is 0 Å². The van der Waals surface area contributed by atoms with Gasteiger partial charge in [-0.2, -0.15) is 0 Å². The van der Waals surface area contributed by atoms with E-state index in [0.29, 0.717) is 6.79 Å². The molecule has 1 atom stereocenters. The lowest BCUT2D eigenvalue weighted by atomic mass is 10.1. The van der Waals surface area contributed by atoms with Gasteiger partial charge in [0.05, 0.1) is 23.6 Å². The predicted molar refractivity (Wildman–Crippen MR) is 122 cm³/mol. The van der Waals surface area contributed by atoms with Crippen molar-refractivity contribution in [2.24, 2.45) is 0 Å². The van der Waals surface area contributed by atoms with Crippen LogP contribution in [0.15, 0.2) is 67.4 Å². The Morgan fingerprint density at radius 3 is 2.88 bits per heavy atom. The molecular formula is C25H25N5O2. The molecule has 2 aliphatic rings. The first-order valence-electron chi connectivity index (χ1n) is 10.9. The summed E-state index contributed by atoms with van der Waals surface area (Å²) in [6, 6.07) is 14.9. The van der Waals surface area contributed by atoms with Crippen LogP contribution in [-0.2, 0) is 6.54 Å². The Kier molecular flexibility index (Phi) is 4.78. The van der Waals surface area contributed by atoms with Crippen molar-refractivity contribution in [3.05, 3.63) is 78.6 Å². The number of piperazine rings is 1. The van der Waals surface area contributed by atoms with Crippen molar-refractivity contribution in [1.29, 1.82) is 0 Å². The van der Waals surface area contributed by atoms with Gasteiger partial charge in [-0.25, -0.2) is 4.98 Å². The van der Waals surface area contributed by atoms with Gasteiger partial charge in [-0.15, -0.1) is 0 Å². The molecule has 0 spiro atoms. The molecule has 3 aromatic heterocycles. The van der Waals surface area contributed by atoms with E-state index in [1.54, 1.807) is 6.20 Å². The lowest BCUT2D eigenvalue weighted by molar-refractivity contribution is 0.0892. The first-order chi connectivity index (χ1) is 15.7. The third-order valence-electron chi connectivity index (χ3n) is 6.45. The summed E-state index contributed by atoms with van der Waals surface area (Å²) >= 11 is 0. The third-order valence-corrected chi connectivity index (χ3v) is 6.45. The van der Waals surface area contributed by atoms with Crippen molar-refractivity contribution in [3.63, 3.8) is 0 Å². The summed E-state index contributed by atoms with van der Waals surface area (Å²) in [5.41, 5.74) is 5.76. The third kappa shape index (κ3) is 3.49. The van der Waals surface area contributed by atoms with Crippen LogP contribution in [0.5, 0.6) is 11.5 Å². The molecule has 4 aromatic rings. The van der Waals surface area contributed by atoms with Crippen LogP contribution in [0.4, 0.5) is 0 Å². The molecule has 7 nitrogen and oxygen atoms in total. The molecule has 0 radical (unpaired) electrons. The molecule has 1 unspecified atom stereocenters. The molecule has 7 heteroatoms. The highest BCUT2D eigenvalue weighted by Crippen LogP contribution is 2.34. The topological polar surface area (TPSA) is 55.1 Å². The van der Waals surface area contributed by atoms with Gasteiger partial charge in [0.2, 0.25) is 6.79 Å². The highest BCUT2D eigenvalue weighted by atomic mass is 16.7. The molecule has 0 bridgehead atoms. The monoisotopic (exact) mass is 427 g/mol. The summed E-state index contributed by atoms with van der Waals surface area (Å²) in [5, 5.41) is 0. The van der Waals surface area contributed by atoms with Crippen LogP contribution in [-0.4, -0.2) is 57.6 Å². The van der Waals surface area contributed by atoms with E-state index in [4.69, 9.17) is 14.5 Å². The highest BCUT2D eigenvalue weighted by molar-refractivity contribution is 5.66. The number of ether oxygens (including phenoxy) is 2. The largest absolute Gasteiger partial charge is 0.454 e. The fourth-order valence-electron chi connectivity index (χ4n) is 4.65. The Hall–Kier alpha value is -3.42. The second-order valence-corrected chi connectivity index (χ2v) is 8.50. The van der Waals surface area contributed by atoms with Crippen molar-refractivity contribution in [2.45, 2.75) is 12.6 Å². The second kappa shape index (κ2) is 7.93. The van der Waals surface area contributed by atoms with Crippen molar-refractivity contribution in [2.75, 3.05) is 33.5 Å². The summed E-state index contributed by atoms with van der Waals surface area (Å²) in [6.07, 6.45) is 7.75. The maximum Gasteiger partial charge on any atom is 0.231 e. The van der Waals surface area contributed by atoms with Crippen molar-refractivity contribution in [1.82, 2.24) is 24.2 Å². The van der Waals surface area contributed by atoms with Gasteiger partial charge in [-0.3, -0.25) is 14.8 Å². The van der Waals surface area contributed by atoms with Gasteiger partial charge in [0, 0.05) is 50.3 Å². The molecule has 0 aliphatic carbocycles. The molecule has 0 saturated carbocycles. The van der Waals surface area contributed by atoms with Crippen LogP contribution in [0.25, 0.3) is 16.6 Å². The Morgan fingerprint density at radius 2 is 1.97 bits per heavy atom. The van der Waals surface area contributed by atoms with Gasteiger partial charge in [0.1, 0.15) is 0 Å². The normalized spacial score (nSPS) is 19.0. The zero-order valence-electron chi connectivity index (χ0n) is 18.0. The van der Waals surface area contributed by atoms with Crippen molar-refractivity contribution in [3.8, 4) is 22.6 Å². The van der Waals surface area contributed by atoms with E-state index >= 15 is 0 Å². The van der Waals surface area contributed by atoms with Crippen LogP contribution in [0, 0.1) is 0 Å². The summed E-state index contributed by atoms with van der Waals surface area (Å²) in [7, 11) is 2.19. The molecular weight excluding hydrogens is 402 g/mol. The van der Waals surface area contributed by atoms with Crippen LogP contribution >= 0.6 is 0 Å². The number of rotatable bonds is 4. The van der Waals surface area contributed by atoms with E-state index in [1.165, 1.54) is 5.56 Å². The summed E-state index contributed by atoms with van der Waals surface area (Å²) < 4.78 is 13.1. The van der Waals surface area contributed by atoms with E-state index in [2.05, 4.69) is 62.8 Å². The molecule has 32 heavy (non-hydrogen) atoms. The van der Waals surface area contributed by atoms with Gasteiger partial charge in [-0.05, 0) is 42.4 Å². The smallest absolute Gasteiger partial charge is 0.231 e. The Balaban J connectivity index is 1.24. The Labute approximate surface area is 186 Å². The average molecular weight is 428 g/mol. The van der Waals surface area contributed by atoms with Crippen LogP contribution in [0.1, 0.15) is 17.3 Å².